The van der Waals surface area contributed by atoms with Crippen LogP contribution in [0.25, 0.3) is 0 Å². The molecule has 0 aliphatic carbocycles. The number of halogens is 1. The van der Waals surface area contributed by atoms with Crippen LogP contribution in [0.4, 0.5) is 0 Å². The lowest BCUT2D eigenvalue weighted by molar-refractivity contribution is 0.0758. The Morgan fingerprint density at radius 2 is 2.33 bits per heavy atom. The normalized spacial score (nSPS) is 19.6. The van der Waals surface area contributed by atoms with Crippen LogP contribution in [-0.2, 0) is 0 Å². The minimum Gasteiger partial charge on any atom is -0.493 e. The zero-order valence-electron chi connectivity index (χ0n) is 12.5. The molecule has 0 saturated carbocycles. The van der Waals surface area contributed by atoms with Gasteiger partial charge in [0.2, 0.25) is 0 Å². The number of aliphatic hydroxyl groups is 1. The van der Waals surface area contributed by atoms with Crippen molar-refractivity contribution < 1.29 is 14.6 Å². The molecule has 2 atom stereocenters. The third-order valence-electron chi connectivity index (χ3n) is 3.83. The Hall–Kier alpha value is -1.26. The lowest BCUT2D eigenvalue weighted by atomic mass is 10.0. The third kappa shape index (κ3) is 3.89. The van der Waals surface area contributed by atoms with Crippen molar-refractivity contribution in [3.63, 3.8) is 0 Å². The van der Waals surface area contributed by atoms with Crippen molar-refractivity contribution in [2.75, 3.05) is 19.7 Å². The number of hydrogen-bond donors (Lipinski definition) is 1. The van der Waals surface area contributed by atoms with Crippen LogP contribution in [0.15, 0.2) is 18.2 Å². The van der Waals surface area contributed by atoms with E-state index in [1.165, 1.54) is 0 Å². The summed E-state index contributed by atoms with van der Waals surface area (Å²) in [5.74, 6) is 0.645. The molecule has 4 nitrogen and oxygen atoms in total. The highest BCUT2D eigenvalue weighted by Crippen LogP contribution is 2.28. The van der Waals surface area contributed by atoms with Crippen molar-refractivity contribution in [2.45, 2.75) is 32.8 Å². The standard InChI is InChI=1S/C16H22ClNO3/c1-3-8-21-15-5-4-13(17)9-14(15)16(20)18-7-6-12(10-18)11(2)19/h4-5,9,11-12,19H,3,6-8,10H2,1-2H3. The first kappa shape index (κ1) is 16.1. The number of aliphatic hydroxyl groups excluding tert-OH is 1. The van der Waals surface area contributed by atoms with Gasteiger partial charge in [-0.05, 0) is 38.0 Å². The second-order valence-corrected chi connectivity index (χ2v) is 5.97. The Kier molecular flexibility index (Phi) is 5.48. The zero-order valence-corrected chi connectivity index (χ0v) is 13.3. The number of benzene rings is 1. The van der Waals surface area contributed by atoms with E-state index in [1.807, 2.05) is 6.92 Å². The van der Waals surface area contributed by atoms with E-state index >= 15 is 0 Å². The van der Waals surface area contributed by atoms with Crippen molar-refractivity contribution in [1.29, 1.82) is 0 Å². The third-order valence-corrected chi connectivity index (χ3v) is 4.06. The van der Waals surface area contributed by atoms with E-state index in [4.69, 9.17) is 16.3 Å². The topological polar surface area (TPSA) is 49.8 Å². The van der Waals surface area contributed by atoms with E-state index in [0.717, 1.165) is 12.8 Å². The number of nitrogens with zero attached hydrogens (tertiary/aromatic N) is 1. The first-order chi connectivity index (χ1) is 10.0. The molecule has 0 radical (unpaired) electrons. The van der Waals surface area contributed by atoms with Crippen molar-refractivity contribution in [3.8, 4) is 5.75 Å². The van der Waals surface area contributed by atoms with Gasteiger partial charge in [-0.25, -0.2) is 0 Å². The molecule has 0 spiro atoms. The number of ether oxygens (including phenoxy) is 1. The van der Waals surface area contributed by atoms with Gasteiger partial charge in [0.1, 0.15) is 5.75 Å². The summed E-state index contributed by atoms with van der Waals surface area (Å²) in [6, 6.07) is 5.13. The van der Waals surface area contributed by atoms with Gasteiger partial charge in [-0.1, -0.05) is 18.5 Å². The second kappa shape index (κ2) is 7.14. The summed E-state index contributed by atoms with van der Waals surface area (Å²) in [7, 11) is 0. The fourth-order valence-electron chi connectivity index (χ4n) is 2.54. The van der Waals surface area contributed by atoms with Crippen molar-refractivity contribution >= 4 is 17.5 Å². The first-order valence-electron chi connectivity index (χ1n) is 7.42. The maximum Gasteiger partial charge on any atom is 0.257 e. The van der Waals surface area contributed by atoms with Crippen molar-refractivity contribution in [1.82, 2.24) is 4.90 Å². The predicted molar refractivity (Wildman–Crippen MR) is 82.9 cm³/mol. The van der Waals surface area contributed by atoms with E-state index in [-0.39, 0.29) is 11.8 Å². The summed E-state index contributed by atoms with van der Waals surface area (Å²) in [4.78, 5) is 14.4. The molecule has 0 aromatic heterocycles. The van der Waals surface area contributed by atoms with Gasteiger partial charge >= 0.3 is 0 Å². The number of hydrogen-bond acceptors (Lipinski definition) is 3. The van der Waals surface area contributed by atoms with Gasteiger partial charge in [0.15, 0.2) is 0 Å². The summed E-state index contributed by atoms with van der Waals surface area (Å²) in [5, 5.41) is 10.2. The smallest absolute Gasteiger partial charge is 0.257 e. The molecule has 1 saturated heterocycles. The van der Waals surface area contributed by atoms with Crippen molar-refractivity contribution in [3.05, 3.63) is 28.8 Å². The van der Waals surface area contributed by atoms with Gasteiger partial charge in [0.05, 0.1) is 18.3 Å². The lowest BCUT2D eigenvalue weighted by Gasteiger charge is -2.19. The number of rotatable bonds is 5. The minimum atomic E-state index is -0.391. The summed E-state index contributed by atoms with van der Waals surface area (Å²) in [6.45, 7) is 5.60. The number of likely N-dealkylation sites (tertiary alicyclic amines) is 1. The van der Waals surface area contributed by atoms with E-state index in [1.54, 1.807) is 30.0 Å². The molecular formula is C16H22ClNO3. The second-order valence-electron chi connectivity index (χ2n) is 5.53. The van der Waals surface area contributed by atoms with Crippen LogP contribution in [0, 0.1) is 5.92 Å². The van der Waals surface area contributed by atoms with E-state index in [2.05, 4.69) is 0 Å². The molecule has 1 aliphatic rings. The average molecular weight is 312 g/mol. The Morgan fingerprint density at radius 1 is 1.57 bits per heavy atom. The largest absolute Gasteiger partial charge is 0.493 e. The molecule has 1 amide bonds. The highest BCUT2D eigenvalue weighted by atomic mass is 35.5. The lowest BCUT2D eigenvalue weighted by Crippen LogP contribution is -2.30. The highest BCUT2D eigenvalue weighted by Gasteiger charge is 2.30. The zero-order chi connectivity index (χ0) is 15.4. The number of amides is 1. The predicted octanol–water partition coefficient (Wildman–Crippen LogP) is 2.97. The molecule has 1 aliphatic heterocycles. The highest BCUT2D eigenvalue weighted by molar-refractivity contribution is 6.31. The summed E-state index contributed by atoms with van der Waals surface area (Å²) >= 11 is 6.01. The molecule has 2 rings (SSSR count). The number of carbonyl (C=O) groups excluding carboxylic acids is 1. The molecule has 0 bridgehead atoms. The van der Waals surface area contributed by atoms with Crippen LogP contribution in [0.2, 0.25) is 5.02 Å². The van der Waals surface area contributed by atoms with Gasteiger partial charge in [0.25, 0.3) is 5.91 Å². The van der Waals surface area contributed by atoms with Crippen LogP contribution >= 0.6 is 11.6 Å². The number of carbonyl (C=O) groups is 1. The Labute approximate surface area is 130 Å². The summed E-state index contributed by atoms with van der Waals surface area (Å²) in [5.41, 5.74) is 0.502. The monoisotopic (exact) mass is 311 g/mol. The van der Waals surface area contributed by atoms with Gasteiger partial charge in [0, 0.05) is 24.0 Å². The average Bonchev–Trinajstić information content (AvgIpc) is 2.95. The van der Waals surface area contributed by atoms with Crippen LogP contribution in [0.5, 0.6) is 5.75 Å². The summed E-state index contributed by atoms with van der Waals surface area (Å²) in [6.07, 6.45) is 1.32. The fourth-order valence-corrected chi connectivity index (χ4v) is 2.72. The molecule has 1 fully saturated rings. The quantitative estimate of drug-likeness (QED) is 0.909. The van der Waals surface area contributed by atoms with Gasteiger partial charge in [-0.15, -0.1) is 0 Å². The first-order valence-corrected chi connectivity index (χ1v) is 7.80. The van der Waals surface area contributed by atoms with Crippen molar-refractivity contribution in [2.24, 2.45) is 5.92 Å². The molecular weight excluding hydrogens is 290 g/mol. The SMILES string of the molecule is CCCOc1ccc(Cl)cc1C(=O)N1CCC(C(C)O)C1. The molecule has 1 N–H and O–H groups in total. The van der Waals surface area contributed by atoms with E-state index in [0.29, 0.717) is 36.0 Å². The maximum atomic E-state index is 12.7. The fraction of sp³-hybridized carbons (Fsp3) is 0.562. The molecule has 116 valence electrons. The minimum absolute atomic E-state index is 0.0771. The Balaban J connectivity index is 2.16. The molecule has 2 unspecified atom stereocenters. The molecule has 1 aromatic carbocycles. The Bertz CT molecular complexity index is 504. The van der Waals surface area contributed by atoms with Crippen LogP contribution < -0.4 is 4.74 Å². The maximum absolute atomic E-state index is 12.7. The van der Waals surface area contributed by atoms with Crippen LogP contribution in [0.3, 0.4) is 0 Å². The molecule has 1 aromatic rings. The summed E-state index contributed by atoms with van der Waals surface area (Å²) < 4.78 is 5.64. The molecule has 21 heavy (non-hydrogen) atoms. The van der Waals surface area contributed by atoms with Gasteiger partial charge in [-0.2, -0.15) is 0 Å². The van der Waals surface area contributed by atoms with Gasteiger partial charge < -0.3 is 14.7 Å². The Morgan fingerprint density at radius 3 is 2.95 bits per heavy atom. The van der Waals surface area contributed by atoms with Crippen LogP contribution in [-0.4, -0.2) is 41.7 Å². The molecule has 1 heterocycles. The van der Waals surface area contributed by atoms with Gasteiger partial charge in [-0.3, -0.25) is 4.79 Å². The van der Waals surface area contributed by atoms with E-state index < -0.39 is 6.10 Å². The van der Waals surface area contributed by atoms with E-state index in [9.17, 15) is 9.90 Å². The molecule has 5 heteroatoms. The van der Waals surface area contributed by atoms with Crippen LogP contribution in [0.1, 0.15) is 37.0 Å².